The summed E-state index contributed by atoms with van der Waals surface area (Å²) in [6.07, 6.45) is 4.59. The van der Waals surface area contributed by atoms with Crippen molar-refractivity contribution in [1.82, 2.24) is 20.4 Å². The average molecular weight is 282 g/mol. The molecule has 0 amide bonds. The fourth-order valence-electron chi connectivity index (χ4n) is 2.61. The summed E-state index contributed by atoms with van der Waals surface area (Å²) < 4.78 is 10.7. The highest BCUT2D eigenvalue weighted by Gasteiger charge is 2.23. The van der Waals surface area contributed by atoms with Gasteiger partial charge in [0.25, 0.3) is 0 Å². The van der Waals surface area contributed by atoms with Gasteiger partial charge in [-0.05, 0) is 19.4 Å². The van der Waals surface area contributed by atoms with Gasteiger partial charge < -0.3 is 14.5 Å². The topological polar surface area (TPSA) is 63.4 Å². The van der Waals surface area contributed by atoms with Gasteiger partial charge in [-0.3, -0.25) is 4.90 Å². The minimum Gasteiger partial charge on any atom is -0.424 e. The number of ether oxygens (including phenoxy) is 1. The third kappa shape index (κ3) is 4.54. The normalized spacial score (nSPS) is 20.4. The summed E-state index contributed by atoms with van der Waals surface area (Å²) in [4.78, 5) is 2.45. The van der Waals surface area contributed by atoms with Crippen molar-refractivity contribution in [2.45, 2.75) is 45.2 Å². The molecule has 0 bridgehead atoms. The van der Waals surface area contributed by atoms with E-state index in [0.717, 1.165) is 51.0 Å². The number of methoxy groups -OCH3 is 1. The standard InChI is InChI=1S/C14H26N4O2/c1-3-13-16-17-14(20-13)11-18-8-5-4-6-12(18)10-15-7-9-19-2/h12,15H,3-11H2,1-2H3. The molecular formula is C14H26N4O2. The lowest BCUT2D eigenvalue weighted by molar-refractivity contribution is 0.121. The molecule has 2 rings (SSSR count). The Morgan fingerprint density at radius 1 is 1.35 bits per heavy atom. The first-order valence-corrected chi connectivity index (χ1v) is 7.58. The second-order valence-corrected chi connectivity index (χ2v) is 5.26. The molecule has 0 saturated carbocycles. The van der Waals surface area contributed by atoms with E-state index in [1.807, 2.05) is 6.92 Å². The molecule has 1 unspecified atom stereocenters. The second kappa shape index (κ2) is 8.34. The lowest BCUT2D eigenvalue weighted by Crippen LogP contribution is -2.45. The number of likely N-dealkylation sites (tertiary alicyclic amines) is 1. The van der Waals surface area contributed by atoms with Gasteiger partial charge in [-0.15, -0.1) is 10.2 Å². The zero-order chi connectivity index (χ0) is 14.2. The van der Waals surface area contributed by atoms with E-state index in [-0.39, 0.29) is 0 Å². The number of piperidine rings is 1. The van der Waals surface area contributed by atoms with Crippen LogP contribution in [0.3, 0.4) is 0 Å². The smallest absolute Gasteiger partial charge is 0.230 e. The van der Waals surface area contributed by atoms with Crippen molar-refractivity contribution >= 4 is 0 Å². The number of hydrogen-bond acceptors (Lipinski definition) is 6. The summed E-state index contributed by atoms with van der Waals surface area (Å²) in [7, 11) is 1.73. The van der Waals surface area contributed by atoms with Crippen molar-refractivity contribution in [3.63, 3.8) is 0 Å². The van der Waals surface area contributed by atoms with E-state index in [1.54, 1.807) is 7.11 Å². The first-order chi connectivity index (χ1) is 9.83. The summed E-state index contributed by atoms with van der Waals surface area (Å²) in [5.74, 6) is 1.47. The monoisotopic (exact) mass is 282 g/mol. The molecule has 20 heavy (non-hydrogen) atoms. The highest BCUT2D eigenvalue weighted by atomic mass is 16.5. The van der Waals surface area contributed by atoms with Crippen molar-refractivity contribution in [2.75, 3.05) is 33.4 Å². The highest BCUT2D eigenvalue weighted by Crippen LogP contribution is 2.18. The quantitative estimate of drug-likeness (QED) is 0.723. The van der Waals surface area contributed by atoms with Crippen LogP contribution in [0.1, 0.15) is 38.0 Å². The van der Waals surface area contributed by atoms with E-state index in [0.29, 0.717) is 6.04 Å². The van der Waals surface area contributed by atoms with Crippen molar-refractivity contribution < 1.29 is 9.15 Å². The minimum absolute atomic E-state index is 0.553. The number of hydrogen-bond donors (Lipinski definition) is 1. The molecule has 1 aromatic heterocycles. The SMILES string of the molecule is CCc1nnc(CN2CCCCC2CNCCOC)o1. The van der Waals surface area contributed by atoms with E-state index in [4.69, 9.17) is 9.15 Å². The van der Waals surface area contributed by atoms with Gasteiger partial charge in [-0.25, -0.2) is 0 Å². The maximum absolute atomic E-state index is 5.62. The summed E-state index contributed by atoms with van der Waals surface area (Å²) >= 11 is 0. The zero-order valence-electron chi connectivity index (χ0n) is 12.6. The molecule has 1 aliphatic heterocycles. The molecule has 1 atom stereocenters. The van der Waals surface area contributed by atoms with Gasteiger partial charge in [-0.1, -0.05) is 13.3 Å². The van der Waals surface area contributed by atoms with Crippen LogP contribution in [0.15, 0.2) is 4.42 Å². The number of rotatable bonds is 8. The van der Waals surface area contributed by atoms with Gasteiger partial charge in [-0.2, -0.15) is 0 Å². The van der Waals surface area contributed by atoms with Crippen molar-refractivity contribution in [1.29, 1.82) is 0 Å². The largest absolute Gasteiger partial charge is 0.424 e. The first-order valence-electron chi connectivity index (χ1n) is 7.58. The van der Waals surface area contributed by atoms with Crippen LogP contribution in [-0.2, 0) is 17.7 Å². The van der Waals surface area contributed by atoms with Gasteiger partial charge in [0.15, 0.2) is 0 Å². The molecule has 1 aromatic rings. The third-order valence-electron chi connectivity index (χ3n) is 3.76. The Morgan fingerprint density at radius 3 is 2.95 bits per heavy atom. The van der Waals surface area contributed by atoms with Crippen molar-refractivity contribution in [3.8, 4) is 0 Å². The predicted octanol–water partition coefficient (Wildman–Crippen LogP) is 1.22. The van der Waals surface area contributed by atoms with Crippen molar-refractivity contribution in [3.05, 3.63) is 11.8 Å². The second-order valence-electron chi connectivity index (χ2n) is 5.26. The molecule has 6 nitrogen and oxygen atoms in total. The van der Waals surface area contributed by atoms with Crippen LogP contribution in [0.5, 0.6) is 0 Å². The maximum atomic E-state index is 5.62. The summed E-state index contributed by atoms with van der Waals surface area (Å²) in [5, 5.41) is 11.6. The van der Waals surface area contributed by atoms with E-state index in [2.05, 4.69) is 20.4 Å². The molecule has 1 N–H and O–H groups in total. The number of nitrogens with one attached hydrogen (secondary N) is 1. The fraction of sp³-hybridized carbons (Fsp3) is 0.857. The number of aromatic nitrogens is 2. The average Bonchev–Trinajstić information content (AvgIpc) is 2.93. The Kier molecular flexibility index (Phi) is 6.42. The minimum atomic E-state index is 0.553. The molecule has 1 aliphatic rings. The van der Waals surface area contributed by atoms with Crippen LogP contribution in [-0.4, -0.2) is 54.5 Å². The molecular weight excluding hydrogens is 256 g/mol. The Balaban J connectivity index is 1.82. The predicted molar refractivity (Wildman–Crippen MR) is 76.5 cm³/mol. The first kappa shape index (κ1) is 15.4. The zero-order valence-corrected chi connectivity index (χ0v) is 12.6. The summed E-state index contributed by atoms with van der Waals surface area (Å²) in [6, 6.07) is 0.553. The third-order valence-corrected chi connectivity index (χ3v) is 3.76. The Morgan fingerprint density at radius 2 is 2.20 bits per heavy atom. The molecule has 114 valence electrons. The molecule has 0 aliphatic carbocycles. The van der Waals surface area contributed by atoms with Gasteiger partial charge in [0.05, 0.1) is 13.2 Å². The van der Waals surface area contributed by atoms with Crippen molar-refractivity contribution in [2.24, 2.45) is 0 Å². The Bertz CT molecular complexity index is 383. The maximum Gasteiger partial charge on any atom is 0.230 e. The van der Waals surface area contributed by atoms with Crippen LogP contribution in [0.4, 0.5) is 0 Å². The fourth-order valence-corrected chi connectivity index (χ4v) is 2.61. The molecule has 0 aromatic carbocycles. The van der Waals surface area contributed by atoms with Gasteiger partial charge in [0, 0.05) is 32.7 Å². The lowest BCUT2D eigenvalue weighted by Gasteiger charge is -2.34. The van der Waals surface area contributed by atoms with Crippen LogP contribution in [0, 0.1) is 0 Å². The highest BCUT2D eigenvalue weighted by molar-refractivity contribution is 4.86. The van der Waals surface area contributed by atoms with Crippen LogP contribution in [0.2, 0.25) is 0 Å². The molecule has 2 heterocycles. The van der Waals surface area contributed by atoms with Gasteiger partial charge in [0.2, 0.25) is 11.8 Å². The Hall–Kier alpha value is -0.980. The number of aryl methyl sites for hydroxylation is 1. The van der Waals surface area contributed by atoms with E-state index >= 15 is 0 Å². The van der Waals surface area contributed by atoms with Gasteiger partial charge >= 0.3 is 0 Å². The van der Waals surface area contributed by atoms with Crippen LogP contribution in [0.25, 0.3) is 0 Å². The molecule has 1 saturated heterocycles. The van der Waals surface area contributed by atoms with Gasteiger partial charge in [0.1, 0.15) is 0 Å². The molecule has 6 heteroatoms. The summed E-state index contributed by atoms with van der Waals surface area (Å²) in [6.45, 7) is 6.57. The summed E-state index contributed by atoms with van der Waals surface area (Å²) in [5.41, 5.74) is 0. The molecule has 1 fully saturated rings. The Labute approximate surface area is 120 Å². The lowest BCUT2D eigenvalue weighted by atomic mass is 10.0. The van der Waals surface area contributed by atoms with Crippen LogP contribution < -0.4 is 5.32 Å². The number of nitrogens with zero attached hydrogens (tertiary/aromatic N) is 3. The van der Waals surface area contributed by atoms with Crippen LogP contribution >= 0.6 is 0 Å². The van der Waals surface area contributed by atoms with E-state index in [1.165, 1.54) is 19.3 Å². The van der Waals surface area contributed by atoms with E-state index < -0.39 is 0 Å². The molecule has 0 radical (unpaired) electrons. The van der Waals surface area contributed by atoms with E-state index in [9.17, 15) is 0 Å². The molecule has 0 spiro atoms.